The minimum absolute atomic E-state index is 0. The molecule has 2 aromatic carbocycles. The van der Waals surface area contributed by atoms with Crippen molar-refractivity contribution in [1.29, 1.82) is 0 Å². The summed E-state index contributed by atoms with van der Waals surface area (Å²) in [4.78, 5) is -1.25. The molecule has 10 heteroatoms. The molecule has 20 heavy (non-hydrogen) atoms. The molecule has 0 bridgehead atoms. The maximum atomic E-state index is 11.3. The van der Waals surface area contributed by atoms with Crippen molar-refractivity contribution >= 4 is 66.3 Å². The smallest absolute Gasteiger partial charge is 0.295 e. The van der Waals surface area contributed by atoms with E-state index >= 15 is 0 Å². The summed E-state index contributed by atoms with van der Waals surface area (Å²) in [5.74, 6) is 0. The molecule has 0 atom stereocenters. The van der Waals surface area contributed by atoms with E-state index in [0.29, 0.717) is 6.07 Å². The topological polar surface area (TPSA) is 135 Å². The molecule has 7 nitrogen and oxygen atoms in total. The van der Waals surface area contributed by atoms with E-state index < -0.39 is 30.0 Å². The van der Waals surface area contributed by atoms with Gasteiger partial charge in [0.2, 0.25) is 0 Å². The van der Waals surface area contributed by atoms with Crippen LogP contribution in [0.25, 0.3) is 10.8 Å². The van der Waals surface area contributed by atoms with Crippen molar-refractivity contribution in [3.05, 3.63) is 30.3 Å². The fraction of sp³-hybridized carbons (Fsp3) is 0. The maximum absolute atomic E-state index is 11.3. The van der Waals surface area contributed by atoms with Gasteiger partial charge in [0.15, 0.2) is 0 Å². The van der Waals surface area contributed by atoms with Gasteiger partial charge in [-0.25, -0.2) is 0 Å². The zero-order chi connectivity index (χ0) is 14.4. The summed E-state index contributed by atoms with van der Waals surface area (Å²) >= 11 is 0. The van der Waals surface area contributed by atoms with Gasteiger partial charge in [0.05, 0.1) is 4.90 Å². The van der Waals surface area contributed by atoms with Crippen LogP contribution in [0.3, 0.4) is 0 Å². The predicted octanol–water partition coefficient (Wildman–Crippen LogP) is 0.535. The summed E-state index contributed by atoms with van der Waals surface area (Å²) in [6.45, 7) is 0. The fourth-order valence-electron chi connectivity index (χ4n) is 1.69. The van der Waals surface area contributed by atoms with Crippen LogP contribution >= 0.6 is 0 Å². The average Bonchev–Trinajstić information content (AvgIpc) is 2.24. The van der Waals surface area contributed by atoms with E-state index in [1.807, 2.05) is 0 Å². The Hall–Kier alpha value is -0.680. The van der Waals surface area contributed by atoms with Gasteiger partial charge in [0.25, 0.3) is 20.2 Å². The molecule has 2 rings (SSSR count). The number of fused-ring (bicyclic) bond motifs is 1. The first-order valence-corrected chi connectivity index (χ1v) is 7.75. The second-order valence-electron chi connectivity index (χ2n) is 3.85. The monoisotopic (exact) mass is 326 g/mol. The molecule has 1 radical (unpaired) electrons. The van der Waals surface area contributed by atoms with Crippen molar-refractivity contribution < 1.29 is 25.9 Å². The van der Waals surface area contributed by atoms with Crippen LogP contribution in [0.5, 0.6) is 0 Å². The average molecular weight is 326 g/mol. The number of hydrogen-bond acceptors (Lipinski definition) is 5. The molecule has 0 saturated heterocycles. The Kier molecular flexibility index (Phi) is 4.87. The van der Waals surface area contributed by atoms with Crippen LogP contribution in [-0.2, 0) is 20.2 Å². The van der Waals surface area contributed by atoms with Crippen molar-refractivity contribution in [1.82, 2.24) is 0 Å². The molecule has 0 saturated carbocycles. The largest absolute Gasteiger partial charge is 0.399 e. The molecule has 4 N–H and O–H groups in total. The van der Waals surface area contributed by atoms with E-state index in [1.165, 1.54) is 18.2 Å². The van der Waals surface area contributed by atoms with Gasteiger partial charge in [-0.1, -0.05) is 6.07 Å². The van der Waals surface area contributed by atoms with E-state index in [-0.39, 0.29) is 46.0 Å². The van der Waals surface area contributed by atoms with E-state index in [0.717, 1.165) is 6.07 Å². The minimum atomic E-state index is -4.64. The van der Waals surface area contributed by atoms with Gasteiger partial charge in [-0.15, -0.1) is 0 Å². The first kappa shape index (κ1) is 17.4. The molecule has 0 aliphatic carbocycles. The number of nitrogens with two attached hydrogens (primary N) is 1. The molecular formula is C10H9NNaO6S2. The van der Waals surface area contributed by atoms with E-state index in [1.54, 1.807) is 0 Å². The molecule has 0 amide bonds. The standard InChI is InChI=1S/C10H9NO6S2.Na/c11-7-1-2-9-6(3-7)4-8(18(12,13)14)5-10(9)19(15,16)17;/h1-5H,11H2,(H,12,13,14)(H,15,16,17);. The Bertz CT molecular complexity index is 876. The summed E-state index contributed by atoms with van der Waals surface area (Å²) in [7, 11) is -9.25. The molecule has 0 aliphatic rings. The zero-order valence-corrected chi connectivity index (χ0v) is 13.9. The Labute approximate surface area is 137 Å². The van der Waals surface area contributed by atoms with Crippen molar-refractivity contribution in [2.75, 3.05) is 5.73 Å². The summed E-state index contributed by atoms with van der Waals surface area (Å²) in [5.41, 5.74) is 5.80. The molecule has 2 aromatic rings. The Morgan fingerprint density at radius 2 is 1.50 bits per heavy atom. The normalized spacial score (nSPS) is 12.1. The van der Waals surface area contributed by atoms with Crippen molar-refractivity contribution in [2.45, 2.75) is 9.79 Å². The van der Waals surface area contributed by atoms with Crippen LogP contribution in [-0.4, -0.2) is 55.5 Å². The molecule has 103 valence electrons. The van der Waals surface area contributed by atoms with Gasteiger partial charge in [-0.3, -0.25) is 9.11 Å². The molecule has 0 heterocycles. The Morgan fingerprint density at radius 1 is 0.900 bits per heavy atom. The molecule has 0 aromatic heterocycles. The molecular weight excluding hydrogens is 317 g/mol. The number of rotatable bonds is 2. The third-order valence-corrected chi connectivity index (χ3v) is 4.21. The van der Waals surface area contributed by atoms with Crippen molar-refractivity contribution in [3.8, 4) is 0 Å². The maximum Gasteiger partial charge on any atom is 0.295 e. The minimum Gasteiger partial charge on any atom is -0.399 e. The van der Waals surface area contributed by atoms with Crippen LogP contribution in [0.1, 0.15) is 0 Å². The van der Waals surface area contributed by atoms with Crippen LogP contribution < -0.4 is 5.73 Å². The fourth-order valence-corrected chi connectivity index (χ4v) is 3.05. The summed E-state index contributed by atoms with van der Waals surface area (Å²) in [5, 5.41) is 0.270. The Balaban J connectivity index is 0.00000200. The third kappa shape index (κ3) is 3.50. The summed E-state index contributed by atoms with van der Waals surface area (Å²) < 4.78 is 62.8. The first-order valence-electron chi connectivity index (χ1n) is 4.87. The Morgan fingerprint density at radius 3 is 2.00 bits per heavy atom. The van der Waals surface area contributed by atoms with Crippen LogP contribution in [0, 0.1) is 0 Å². The molecule has 0 unspecified atom stereocenters. The summed E-state index contributed by atoms with van der Waals surface area (Å²) in [6.07, 6.45) is 0. The van der Waals surface area contributed by atoms with E-state index in [2.05, 4.69) is 0 Å². The van der Waals surface area contributed by atoms with Crippen LogP contribution in [0.2, 0.25) is 0 Å². The second-order valence-corrected chi connectivity index (χ2v) is 6.66. The van der Waals surface area contributed by atoms with Crippen LogP contribution in [0.15, 0.2) is 40.1 Å². The van der Waals surface area contributed by atoms with Gasteiger partial charge in [0, 0.05) is 40.6 Å². The number of benzene rings is 2. The number of anilines is 1. The van der Waals surface area contributed by atoms with E-state index in [9.17, 15) is 16.8 Å². The predicted molar refractivity (Wildman–Crippen MR) is 73.7 cm³/mol. The first-order chi connectivity index (χ1) is 8.59. The van der Waals surface area contributed by atoms with Crippen LogP contribution in [0.4, 0.5) is 5.69 Å². The van der Waals surface area contributed by atoms with E-state index in [4.69, 9.17) is 14.8 Å². The molecule has 0 aliphatic heterocycles. The van der Waals surface area contributed by atoms with Gasteiger partial charge < -0.3 is 5.73 Å². The van der Waals surface area contributed by atoms with Crippen molar-refractivity contribution in [2.24, 2.45) is 0 Å². The third-order valence-electron chi connectivity index (χ3n) is 2.49. The van der Waals surface area contributed by atoms with Crippen molar-refractivity contribution in [3.63, 3.8) is 0 Å². The number of nitrogen functional groups attached to an aromatic ring is 1. The van der Waals surface area contributed by atoms with Gasteiger partial charge in [-0.2, -0.15) is 16.8 Å². The van der Waals surface area contributed by atoms with Gasteiger partial charge in [-0.05, 0) is 29.7 Å². The molecule has 0 fully saturated rings. The zero-order valence-electron chi connectivity index (χ0n) is 10.3. The number of hydrogen-bond donors (Lipinski definition) is 3. The molecule has 0 spiro atoms. The van der Waals surface area contributed by atoms with Gasteiger partial charge >= 0.3 is 0 Å². The van der Waals surface area contributed by atoms with Gasteiger partial charge in [0.1, 0.15) is 4.90 Å². The SMILES string of the molecule is Nc1ccc2c(S(=O)(=O)O)cc(S(=O)(=O)O)cc2c1.[Na]. The second kappa shape index (κ2) is 5.60. The quantitative estimate of drug-likeness (QED) is 0.416. The summed E-state index contributed by atoms with van der Waals surface area (Å²) in [6, 6.07) is 5.82.